The average molecular weight is 539 g/mol. The summed E-state index contributed by atoms with van der Waals surface area (Å²) in [6, 6.07) is 5.44. The quantitative estimate of drug-likeness (QED) is 0.255. The molecule has 2 fully saturated rings. The van der Waals surface area contributed by atoms with E-state index in [1.54, 1.807) is 19.1 Å². The molecule has 1 aromatic carbocycles. The lowest BCUT2D eigenvalue weighted by Crippen LogP contribution is -2.34. The molecule has 2 aromatic rings. The fraction of sp³-hybridized carbons (Fsp3) is 0.500. The topological polar surface area (TPSA) is 172 Å². The second-order valence-corrected chi connectivity index (χ2v) is 9.28. The Bertz CT molecular complexity index is 1170. The van der Waals surface area contributed by atoms with Gasteiger partial charge in [0.2, 0.25) is 0 Å². The molecule has 13 nitrogen and oxygen atoms in total. The number of ether oxygens (including phenoxy) is 4. The molecule has 4 rings (SSSR count). The van der Waals surface area contributed by atoms with Gasteiger partial charge < -0.3 is 29.6 Å². The first-order valence-electron chi connectivity index (χ1n) is 11.6. The maximum atomic E-state index is 13.6. The van der Waals surface area contributed by atoms with Crippen molar-refractivity contribution in [3.8, 4) is 11.5 Å². The van der Waals surface area contributed by atoms with Crippen LogP contribution in [0.2, 0.25) is 0 Å². The first kappa shape index (κ1) is 26.9. The van der Waals surface area contributed by atoms with E-state index in [9.17, 15) is 18.9 Å². The molecule has 0 amide bonds. The van der Waals surface area contributed by atoms with E-state index >= 15 is 0 Å². The van der Waals surface area contributed by atoms with E-state index in [0.29, 0.717) is 5.75 Å². The van der Waals surface area contributed by atoms with Crippen molar-refractivity contribution in [1.29, 1.82) is 0 Å². The van der Waals surface area contributed by atoms with E-state index < -0.39 is 50.0 Å². The molecule has 200 valence electrons. The highest BCUT2D eigenvalue weighted by atomic mass is 31.1. The summed E-state index contributed by atoms with van der Waals surface area (Å²) in [7, 11) is -2.48. The molecule has 15 heteroatoms. The van der Waals surface area contributed by atoms with Crippen LogP contribution >= 0.6 is 8.17 Å². The van der Waals surface area contributed by atoms with Crippen LogP contribution in [0.15, 0.2) is 40.1 Å². The summed E-state index contributed by atoms with van der Waals surface area (Å²) in [6.45, 7) is 1.55. The molecule has 0 radical (unpaired) electrons. The maximum absolute atomic E-state index is 13.6. The average Bonchev–Trinajstić information content (AvgIpc) is 3.56. The van der Waals surface area contributed by atoms with Crippen LogP contribution in [-0.4, -0.2) is 47.2 Å². The minimum absolute atomic E-state index is 0.00669. The number of esters is 1. The molecular weight excluding hydrogens is 512 g/mol. The number of hydrogen-bond acceptors (Lipinski definition) is 11. The van der Waals surface area contributed by atoms with Crippen molar-refractivity contribution in [2.24, 2.45) is 4.85 Å². The first-order chi connectivity index (χ1) is 17.8. The van der Waals surface area contributed by atoms with Crippen LogP contribution in [0.3, 0.4) is 0 Å². The van der Waals surface area contributed by atoms with Crippen molar-refractivity contribution < 1.29 is 37.5 Å². The predicted molar refractivity (Wildman–Crippen MR) is 126 cm³/mol. The third kappa shape index (κ3) is 7.43. The zero-order valence-electron chi connectivity index (χ0n) is 19.9. The van der Waals surface area contributed by atoms with E-state index in [0.717, 1.165) is 36.4 Å². The van der Waals surface area contributed by atoms with E-state index in [4.69, 9.17) is 29.2 Å². The zero-order chi connectivity index (χ0) is 26.4. The molecule has 4 atom stereocenters. The molecular formula is C22H27FN5O8P. The lowest BCUT2D eigenvalue weighted by Gasteiger charge is -2.14. The number of benzene rings is 1. The monoisotopic (exact) mass is 539 g/mol. The van der Waals surface area contributed by atoms with E-state index in [2.05, 4.69) is 15.3 Å². The van der Waals surface area contributed by atoms with Gasteiger partial charge in [-0.25, -0.2) is 9.18 Å². The van der Waals surface area contributed by atoms with Crippen molar-refractivity contribution in [1.82, 2.24) is 15.0 Å². The predicted octanol–water partition coefficient (Wildman–Crippen LogP) is 1.53. The van der Waals surface area contributed by atoms with Gasteiger partial charge in [-0.2, -0.15) is 10.4 Å². The van der Waals surface area contributed by atoms with E-state index in [1.807, 2.05) is 0 Å². The van der Waals surface area contributed by atoms with Crippen LogP contribution in [0.1, 0.15) is 38.8 Å². The number of anilines is 1. The summed E-state index contributed by atoms with van der Waals surface area (Å²) in [6.07, 6.45) is 2.97. The van der Waals surface area contributed by atoms with Gasteiger partial charge in [0, 0.05) is 4.85 Å². The molecule has 0 spiro atoms. The molecule has 1 aliphatic heterocycles. The summed E-state index contributed by atoms with van der Waals surface area (Å²) < 4.78 is 41.8. The zero-order valence-corrected chi connectivity index (χ0v) is 20.8. The van der Waals surface area contributed by atoms with Gasteiger partial charge in [-0.1, -0.05) is 0 Å². The Morgan fingerprint density at radius 3 is 2.78 bits per heavy atom. The number of nitrogens with one attached hydrogen (secondary N) is 1. The molecule has 2 heterocycles. The smallest absolute Gasteiger partial charge is 0.412 e. The number of halogens is 1. The Morgan fingerprint density at radius 1 is 1.35 bits per heavy atom. The largest absolute Gasteiger partial charge is 0.574 e. The Balaban J connectivity index is 1.20. The fourth-order valence-corrected chi connectivity index (χ4v) is 4.28. The van der Waals surface area contributed by atoms with Crippen LogP contribution in [0.25, 0.3) is 0 Å². The molecule has 1 saturated carbocycles. The van der Waals surface area contributed by atoms with Crippen molar-refractivity contribution in [2.45, 2.75) is 57.3 Å². The summed E-state index contributed by atoms with van der Waals surface area (Å²) in [5.41, 5.74) is 7.03. The lowest BCUT2D eigenvalue weighted by atomic mass is 10.3. The summed E-state index contributed by atoms with van der Waals surface area (Å²) in [5.74, 6) is -1.08. The van der Waals surface area contributed by atoms with E-state index in [1.165, 1.54) is 12.1 Å². The minimum Gasteiger partial charge on any atom is -0.574 e. The number of aromatic nitrogens is 2. The number of nitrogens with zero attached hydrogens (tertiary/aromatic N) is 3. The van der Waals surface area contributed by atoms with Gasteiger partial charge in [-0.15, -0.1) is 0 Å². The third-order valence-corrected chi connectivity index (χ3v) is 6.29. The normalized spacial score (nSPS) is 21.1. The molecule has 1 aliphatic carbocycles. The van der Waals surface area contributed by atoms with Gasteiger partial charge >= 0.3 is 19.8 Å². The number of carbonyl (C=O) groups is 1. The molecule has 1 saturated heterocycles. The van der Waals surface area contributed by atoms with Gasteiger partial charge in [0.15, 0.2) is 29.9 Å². The van der Waals surface area contributed by atoms with Gasteiger partial charge in [0.05, 0.1) is 12.8 Å². The first-order valence-corrected chi connectivity index (χ1v) is 12.8. The van der Waals surface area contributed by atoms with Crippen molar-refractivity contribution >= 4 is 20.0 Å². The number of rotatable bonds is 10. The lowest BCUT2D eigenvalue weighted by molar-refractivity contribution is -0.169. The fourth-order valence-electron chi connectivity index (χ4n) is 3.67. The standard InChI is InChI=1S/C22H27FN5O8P/c1-13(21(29)34-15-4-2-3-5-15)26-27-37(31)36-16-8-6-14(7-9-16)32-12-19-33-11-18(35-19)28-10-17(23)20(24)25-22(28)30/h6-10,13,15,18-19,26H,2-5,11-12H2,1H3,(H2,24,25,30)/t13-,18-,19-/m0/s1. The summed E-state index contributed by atoms with van der Waals surface area (Å²) >= 11 is 0. The molecule has 0 bridgehead atoms. The number of nitrogen functional groups attached to an aromatic ring is 1. The van der Waals surface area contributed by atoms with E-state index in [-0.39, 0.29) is 25.1 Å². The molecule has 3 N–H and O–H groups in total. The van der Waals surface area contributed by atoms with Gasteiger partial charge in [-0.3, -0.25) is 13.9 Å². The summed E-state index contributed by atoms with van der Waals surface area (Å²) in [5, 5.41) is 0. The Hall–Kier alpha value is -3.16. The van der Waals surface area contributed by atoms with Crippen LogP contribution in [0.5, 0.6) is 11.5 Å². The van der Waals surface area contributed by atoms with Crippen molar-refractivity contribution in [3.05, 3.63) is 46.8 Å². The highest BCUT2D eigenvalue weighted by Gasteiger charge is 2.29. The number of nitrogens with two attached hydrogens (primary N) is 1. The van der Waals surface area contributed by atoms with Crippen LogP contribution in [0, 0.1) is 5.82 Å². The highest BCUT2D eigenvalue weighted by molar-refractivity contribution is 7.33. The SMILES string of the molecule is C[C@H](N/N=[P+](\[O-])Oc1ccc(OC[C@H]2OC[C@@H](n3cc(F)c(N)nc3=O)O2)cc1)C(=O)OC1CCCC1. The molecule has 2 aliphatic rings. The van der Waals surface area contributed by atoms with Crippen molar-refractivity contribution in [3.63, 3.8) is 0 Å². The Morgan fingerprint density at radius 2 is 2.05 bits per heavy atom. The summed E-state index contributed by atoms with van der Waals surface area (Å²) in [4.78, 5) is 43.1. The second kappa shape index (κ2) is 12.4. The van der Waals surface area contributed by atoms with Crippen LogP contribution in [-0.2, 0) is 19.0 Å². The molecule has 1 unspecified atom stereocenters. The Kier molecular flexibility index (Phi) is 9.00. The minimum atomic E-state index is -2.48. The number of carbonyl (C=O) groups excluding carboxylic acids is 1. The molecule has 1 aromatic heterocycles. The third-order valence-electron chi connectivity index (χ3n) is 5.64. The van der Waals surface area contributed by atoms with Crippen molar-refractivity contribution in [2.75, 3.05) is 18.9 Å². The second-order valence-electron chi connectivity index (χ2n) is 8.42. The highest BCUT2D eigenvalue weighted by Crippen LogP contribution is 2.26. The maximum Gasteiger partial charge on any atom is 0.412 e. The van der Waals surface area contributed by atoms with Gasteiger partial charge in [0.1, 0.15) is 24.5 Å². The van der Waals surface area contributed by atoms with Gasteiger partial charge in [0.25, 0.3) is 0 Å². The number of hydrogen-bond donors (Lipinski definition) is 2. The Labute approximate surface area is 212 Å². The van der Waals surface area contributed by atoms with Crippen LogP contribution < -0.4 is 31.0 Å². The molecule has 37 heavy (non-hydrogen) atoms. The van der Waals surface area contributed by atoms with Gasteiger partial charge in [-0.05, 0) is 56.9 Å². The van der Waals surface area contributed by atoms with Crippen LogP contribution in [0.4, 0.5) is 10.2 Å².